The second-order valence-electron chi connectivity index (χ2n) is 6.99. The standard InChI is InChI=1S/C22H24N4O3/c27-22(23-12-15-28-18-7-2-1-3-8-18)17-6-4-13-26(16-17)21-11-10-19(24-25-21)20-9-5-14-29-20/h1-3,5,7-11,14,17H,4,6,12-13,15-16H2,(H,23,27). The smallest absolute Gasteiger partial charge is 0.225 e. The Kier molecular flexibility index (Phi) is 6.04. The lowest BCUT2D eigenvalue weighted by Crippen LogP contribution is -2.44. The Balaban J connectivity index is 1.27. The van der Waals surface area contributed by atoms with Crippen molar-refractivity contribution in [3.05, 3.63) is 60.9 Å². The maximum Gasteiger partial charge on any atom is 0.225 e. The zero-order valence-electron chi connectivity index (χ0n) is 16.2. The van der Waals surface area contributed by atoms with Crippen molar-refractivity contribution >= 4 is 11.7 Å². The first-order valence-corrected chi connectivity index (χ1v) is 9.88. The third-order valence-corrected chi connectivity index (χ3v) is 4.95. The van der Waals surface area contributed by atoms with Crippen molar-refractivity contribution in [2.75, 3.05) is 31.1 Å². The Bertz CT molecular complexity index is 898. The van der Waals surface area contributed by atoms with Crippen molar-refractivity contribution in [1.29, 1.82) is 0 Å². The molecule has 3 heterocycles. The van der Waals surface area contributed by atoms with E-state index >= 15 is 0 Å². The molecule has 1 unspecified atom stereocenters. The van der Waals surface area contributed by atoms with E-state index in [1.807, 2.05) is 54.6 Å². The van der Waals surface area contributed by atoms with Gasteiger partial charge in [0.1, 0.15) is 18.1 Å². The average Bonchev–Trinajstić information content (AvgIpc) is 3.32. The average molecular weight is 392 g/mol. The molecular formula is C22H24N4O3. The third-order valence-electron chi connectivity index (χ3n) is 4.95. The number of hydrogen-bond donors (Lipinski definition) is 1. The van der Waals surface area contributed by atoms with Gasteiger partial charge in [0.15, 0.2) is 11.6 Å². The molecule has 7 heteroatoms. The highest BCUT2D eigenvalue weighted by molar-refractivity contribution is 5.79. The minimum atomic E-state index is -0.0629. The highest BCUT2D eigenvalue weighted by Gasteiger charge is 2.26. The van der Waals surface area contributed by atoms with Crippen LogP contribution in [0.25, 0.3) is 11.5 Å². The lowest BCUT2D eigenvalue weighted by atomic mass is 9.97. The molecule has 1 aliphatic heterocycles. The number of piperidine rings is 1. The summed E-state index contributed by atoms with van der Waals surface area (Å²) in [5.74, 6) is 2.28. The van der Waals surface area contributed by atoms with E-state index in [1.165, 1.54) is 0 Å². The van der Waals surface area contributed by atoms with Gasteiger partial charge in [-0.15, -0.1) is 10.2 Å². The number of anilines is 1. The molecular weight excluding hydrogens is 368 g/mol. The van der Waals surface area contributed by atoms with Crippen LogP contribution in [0, 0.1) is 5.92 Å². The molecule has 3 aromatic rings. The van der Waals surface area contributed by atoms with Crippen LogP contribution < -0.4 is 15.0 Å². The summed E-state index contributed by atoms with van der Waals surface area (Å²) in [6, 6.07) is 17.1. The Morgan fingerprint density at radius 1 is 1.14 bits per heavy atom. The molecule has 4 rings (SSSR count). The summed E-state index contributed by atoms with van der Waals surface area (Å²) >= 11 is 0. The van der Waals surface area contributed by atoms with E-state index < -0.39 is 0 Å². The highest BCUT2D eigenvalue weighted by Crippen LogP contribution is 2.23. The molecule has 0 bridgehead atoms. The number of carbonyl (C=O) groups is 1. The second kappa shape index (κ2) is 9.23. The molecule has 0 radical (unpaired) electrons. The van der Waals surface area contributed by atoms with Crippen LogP contribution in [0.2, 0.25) is 0 Å². The first-order chi connectivity index (χ1) is 14.3. The predicted molar refractivity (Wildman–Crippen MR) is 110 cm³/mol. The van der Waals surface area contributed by atoms with Gasteiger partial charge >= 0.3 is 0 Å². The number of hydrogen-bond acceptors (Lipinski definition) is 6. The summed E-state index contributed by atoms with van der Waals surface area (Å²) in [7, 11) is 0. The van der Waals surface area contributed by atoms with E-state index in [2.05, 4.69) is 20.4 Å². The van der Waals surface area contributed by atoms with Gasteiger partial charge in [0, 0.05) is 13.1 Å². The molecule has 1 fully saturated rings. The van der Waals surface area contributed by atoms with Crippen molar-refractivity contribution in [2.45, 2.75) is 12.8 Å². The summed E-state index contributed by atoms with van der Waals surface area (Å²) in [6.07, 6.45) is 3.43. The maximum atomic E-state index is 12.6. The summed E-state index contributed by atoms with van der Waals surface area (Å²) in [5.41, 5.74) is 0.698. The molecule has 0 spiro atoms. The zero-order valence-corrected chi connectivity index (χ0v) is 16.2. The molecule has 29 heavy (non-hydrogen) atoms. The van der Waals surface area contributed by atoms with Crippen LogP contribution in [-0.4, -0.2) is 42.3 Å². The van der Waals surface area contributed by atoms with E-state index in [9.17, 15) is 4.79 Å². The Labute approximate surface area is 169 Å². The fraction of sp³-hybridized carbons (Fsp3) is 0.318. The highest BCUT2D eigenvalue weighted by atomic mass is 16.5. The molecule has 1 N–H and O–H groups in total. The van der Waals surface area contributed by atoms with Crippen LogP contribution in [0.15, 0.2) is 65.3 Å². The maximum absolute atomic E-state index is 12.6. The fourth-order valence-electron chi connectivity index (χ4n) is 3.45. The zero-order chi connectivity index (χ0) is 19.9. The number of nitrogens with zero attached hydrogens (tertiary/aromatic N) is 3. The number of rotatable bonds is 7. The SMILES string of the molecule is O=C(NCCOc1ccccc1)C1CCCN(c2ccc(-c3ccco3)nn2)C1. The van der Waals surface area contributed by atoms with Crippen LogP contribution in [-0.2, 0) is 4.79 Å². The normalized spacial score (nSPS) is 16.4. The van der Waals surface area contributed by atoms with Crippen molar-refractivity contribution in [3.63, 3.8) is 0 Å². The van der Waals surface area contributed by atoms with E-state index in [1.54, 1.807) is 6.26 Å². The molecule has 1 amide bonds. The van der Waals surface area contributed by atoms with Crippen LogP contribution in [0.1, 0.15) is 12.8 Å². The van der Waals surface area contributed by atoms with Crippen LogP contribution >= 0.6 is 0 Å². The summed E-state index contributed by atoms with van der Waals surface area (Å²) in [6.45, 7) is 2.45. The molecule has 0 aliphatic carbocycles. The largest absolute Gasteiger partial charge is 0.492 e. The quantitative estimate of drug-likeness (QED) is 0.622. The minimum absolute atomic E-state index is 0.0616. The molecule has 150 valence electrons. The molecule has 1 saturated heterocycles. The van der Waals surface area contributed by atoms with Crippen LogP contribution in [0.4, 0.5) is 5.82 Å². The number of para-hydroxylation sites is 1. The van der Waals surface area contributed by atoms with Gasteiger partial charge in [-0.1, -0.05) is 18.2 Å². The molecule has 1 atom stereocenters. The van der Waals surface area contributed by atoms with E-state index in [4.69, 9.17) is 9.15 Å². The van der Waals surface area contributed by atoms with E-state index in [0.717, 1.165) is 31.0 Å². The van der Waals surface area contributed by atoms with Crippen molar-refractivity contribution in [1.82, 2.24) is 15.5 Å². The molecule has 1 aliphatic rings. The third kappa shape index (κ3) is 4.93. The van der Waals surface area contributed by atoms with Gasteiger partial charge in [0.05, 0.1) is 18.7 Å². The van der Waals surface area contributed by atoms with Gasteiger partial charge in [-0.25, -0.2) is 0 Å². The molecule has 0 saturated carbocycles. The number of benzene rings is 1. The number of carbonyl (C=O) groups excluding carboxylic acids is 1. The Hall–Kier alpha value is -3.35. The Morgan fingerprint density at radius 2 is 2.03 bits per heavy atom. The number of nitrogens with one attached hydrogen (secondary N) is 1. The molecule has 2 aromatic heterocycles. The van der Waals surface area contributed by atoms with Crippen LogP contribution in [0.3, 0.4) is 0 Å². The topological polar surface area (TPSA) is 80.5 Å². The summed E-state index contributed by atoms with van der Waals surface area (Å²) in [4.78, 5) is 14.7. The lowest BCUT2D eigenvalue weighted by Gasteiger charge is -2.32. The van der Waals surface area contributed by atoms with Crippen molar-refractivity contribution < 1.29 is 13.9 Å². The van der Waals surface area contributed by atoms with Crippen molar-refractivity contribution in [2.24, 2.45) is 5.92 Å². The number of amides is 1. The fourth-order valence-corrected chi connectivity index (χ4v) is 3.45. The molecule has 1 aromatic carbocycles. The lowest BCUT2D eigenvalue weighted by molar-refractivity contribution is -0.125. The van der Waals surface area contributed by atoms with Crippen LogP contribution in [0.5, 0.6) is 5.75 Å². The first kappa shape index (κ1) is 19.0. The van der Waals surface area contributed by atoms with Gasteiger partial charge < -0.3 is 19.4 Å². The van der Waals surface area contributed by atoms with Gasteiger partial charge in [0.25, 0.3) is 0 Å². The van der Waals surface area contributed by atoms with Gasteiger partial charge in [-0.3, -0.25) is 4.79 Å². The second-order valence-corrected chi connectivity index (χ2v) is 6.99. The van der Waals surface area contributed by atoms with E-state index in [-0.39, 0.29) is 11.8 Å². The number of ether oxygens (including phenoxy) is 1. The predicted octanol–water partition coefficient (Wildman–Crippen LogP) is 3.15. The minimum Gasteiger partial charge on any atom is -0.492 e. The Morgan fingerprint density at radius 3 is 2.79 bits per heavy atom. The monoisotopic (exact) mass is 392 g/mol. The summed E-state index contributed by atoms with van der Waals surface area (Å²) in [5, 5.41) is 11.6. The first-order valence-electron chi connectivity index (χ1n) is 9.88. The summed E-state index contributed by atoms with van der Waals surface area (Å²) < 4.78 is 11.0. The van der Waals surface area contributed by atoms with Gasteiger partial charge in [0.2, 0.25) is 5.91 Å². The van der Waals surface area contributed by atoms with E-state index in [0.29, 0.717) is 31.2 Å². The van der Waals surface area contributed by atoms with Gasteiger partial charge in [-0.05, 0) is 49.2 Å². The molecule has 7 nitrogen and oxygen atoms in total. The number of furan rings is 1. The van der Waals surface area contributed by atoms with Crippen molar-refractivity contribution in [3.8, 4) is 17.2 Å². The van der Waals surface area contributed by atoms with Gasteiger partial charge in [-0.2, -0.15) is 0 Å². The number of aromatic nitrogens is 2.